The van der Waals surface area contributed by atoms with Crippen molar-refractivity contribution in [3.05, 3.63) is 47.8 Å². The van der Waals surface area contributed by atoms with Gasteiger partial charge >= 0.3 is 0 Å². The second kappa shape index (κ2) is 9.67. The number of hydrogen-bond donors (Lipinski definition) is 0. The Morgan fingerprint density at radius 2 is 2.00 bits per heavy atom. The van der Waals surface area contributed by atoms with Gasteiger partial charge in [-0.25, -0.2) is 13.4 Å². The first-order chi connectivity index (χ1) is 13.9. The molecule has 0 amide bonds. The second-order valence-corrected chi connectivity index (χ2v) is 9.85. The molecule has 7 heteroatoms. The Morgan fingerprint density at radius 1 is 1.24 bits per heavy atom. The van der Waals surface area contributed by atoms with E-state index in [1.54, 1.807) is 6.20 Å². The Morgan fingerprint density at radius 3 is 2.69 bits per heavy atom. The number of Topliss-reactive ketones (excluding diaryl/α,β-unsaturated/α-hetero) is 1. The maximum absolute atomic E-state index is 12.2. The molecule has 0 aliphatic carbocycles. The minimum atomic E-state index is -3.40. The van der Waals surface area contributed by atoms with Gasteiger partial charge < -0.3 is 4.57 Å². The van der Waals surface area contributed by atoms with Gasteiger partial charge in [-0.05, 0) is 37.8 Å². The monoisotopic (exact) mass is 417 g/mol. The van der Waals surface area contributed by atoms with Crippen LogP contribution in [0.4, 0.5) is 0 Å². The number of benzene rings is 1. The molecule has 0 saturated carbocycles. The SMILES string of the molecule is CCC(=O)C1CCCN(Cc2cnc(S(C)(=O)=O)n2CCCc2ccccc2)C1. The van der Waals surface area contributed by atoms with Crippen LogP contribution in [0.1, 0.15) is 43.9 Å². The molecule has 29 heavy (non-hydrogen) atoms. The number of piperidine rings is 1. The number of hydrogen-bond acceptors (Lipinski definition) is 5. The van der Waals surface area contributed by atoms with Crippen molar-refractivity contribution >= 4 is 15.6 Å². The third kappa shape index (κ3) is 5.76. The van der Waals surface area contributed by atoms with E-state index in [1.807, 2.05) is 29.7 Å². The number of aryl methyl sites for hydroxylation is 1. The van der Waals surface area contributed by atoms with Crippen molar-refractivity contribution in [1.29, 1.82) is 0 Å². The zero-order valence-electron chi connectivity index (χ0n) is 17.4. The van der Waals surface area contributed by atoms with Crippen LogP contribution >= 0.6 is 0 Å². The molecule has 1 aromatic heterocycles. The van der Waals surface area contributed by atoms with Crippen LogP contribution < -0.4 is 0 Å². The van der Waals surface area contributed by atoms with Gasteiger partial charge in [0.05, 0.1) is 11.9 Å². The molecule has 1 saturated heterocycles. The molecule has 158 valence electrons. The predicted octanol–water partition coefficient (Wildman–Crippen LogP) is 3.11. The van der Waals surface area contributed by atoms with Crippen LogP contribution in [0.2, 0.25) is 0 Å². The molecule has 0 bridgehead atoms. The molecule has 1 atom stereocenters. The number of imidazole rings is 1. The third-order valence-electron chi connectivity index (χ3n) is 5.62. The minimum Gasteiger partial charge on any atom is -0.318 e. The average molecular weight is 418 g/mol. The van der Waals surface area contributed by atoms with E-state index in [9.17, 15) is 13.2 Å². The molecule has 6 nitrogen and oxygen atoms in total. The van der Waals surface area contributed by atoms with Crippen molar-refractivity contribution in [2.45, 2.75) is 57.3 Å². The molecule has 2 heterocycles. The topological polar surface area (TPSA) is 72.3 Å². The highest BCUT2D eigenvalue weighted by molar-refractivity contribution is 7.90. The summed E-state index contributed by atoms with van der Waals surface area (Å²) in [6.45, 7) is 4.83. The number of aromatic nitrogens is 2. The van der Waals surface area contributed by atoms with Gasteiger partial charge in [0.1, 0.15) is 5.78 Å². The van der Waals surface area contributed by atoms with E-state index < -0.39 is 9.84 Å². The molecule has 2 aromatic rings. The molecule has 0 N–H and O–H groups in total. The Bertz CT molecular complexity index is 922. The second-order valence-electron chi connectivity index (χ2n) is 7.94. The summed E-state index contributed by atoms with van der Waals surface area (Å²) in [7, 11) is -3.40. The molecule has 1 unspecified atom stereocenters. The normalized spacial score (nSPS) is 18.1. The molecule has 1 fully saturated rings. The van der Waals surface area contributed by atoms with Crippen molar-refractivity contribution in [2.75, 3.05) is 19.3 Å². The quantitative estimate of drug-likeness (QED) is 0.627. The Hall–Kier alpha value is -1.99. The Labute approximate surface area is 173 Å². The zero-order valence-corrected chi connectivity index (χ0v) is 18.2. The molecule has 1 aliphatic rings. The molecular formula is C22H31N3O3S. The summed E-state index contributed by atoms with van der Waals surface area (Å²) in [5.74, 6) is 0.417. The number of nitrogens with zero attached hydrogens (tertiary/aromatic N) is 3. The molecule has 0 spiro atoms. The lowest BCUT2D eigenvalue weighted by molar-refractivity contribution is -0.124. The number of carbonyl (C=O) groups excluding carboxylic acids is 1. The summed E-state index contributed by atoms with van der Waals surface area (Å²) in [5.41, 5.74) is 2.15. The van der Waals surface area contributed by atoms with Gasteiger partial charge in [-0.2, -0.15) is 0 Å². The zero-order chi connectivity index (χ0) is 20.9. The highest BCUT2D eigenvalue weighted by Crippen LogP contribution is 2.22. The van der Waals surface area contributed by atoms with Crippen LogP contribution in [0, 0.1) is 5.92 Å². The molecule has 1 aliphatic heterocycles. The van der Waals surface area contributed by atoms with Crippen molar-refractivity contribution in [3.63, 3.8) is 0 Å². The van der Waals surface area contributed by atoms with E-state index >= 15 is 0 Å². The van der Waals surface area contributed by atoms with Gasteiger partial charge in [-0.1, -0.05) is 37.3 Å². The first-order valence-electron chi connectivity index (χ1n) is 10.4. The lowest BCUT2D eigenvalue weighted by atomic mass is 9.92. The highest BCUT2D eigenvalue weighted by atomic mass is 32.2. The van der Waals surface area contributed by atoms with Crippen LogP contribution in [0.25, 0.3) is 0 Å². The van der Waals surface area contributed by atoms with Crippen molar-refractivity contribution in [3.8, 4) is 0 Å². The van der Waals surface area contributed by atoms with Gasteiger partial charge in [-0.15, -0.1) is 0 Å². The Kier molecular flexibility index (Phi) is 7.24. The predicted molar refractivity (Wildman–Crippen MR) is 113 cm³/mol. The number of ketones is 1. The first-order valence-corrected chi connectivity index (χ1v) is 12.3. The van der Waals surface area contributed by atoms with E-state index in [-0.39, 0.29) is 11.1 Å². The maximum atomic E-state index is 12.2. The van der Waals surface area contributed by atoms with Crippen LogP contribution in [0.3, 0.4) is 0 Å². The number of rotatable bonds is 9. The van der Waals surface area contributed by atoms with Crippen LogP contribution in [0.5, 0.6) is 0 Å². The lowest BCUT2D eigenvalue weighted by Crippen LogP contribution is -2.38. The number of carbonyl (C=O) groups is 1. The van der Waals surface area contributed by atoms with Gasteiger partial charge in [0.25, 0.3) is 0 Å². The maximum Gasteiger partial charge on any atom is 0.227 e. The summed E-state index contributed by atoms with van der Waals surface area (Å²) in [6, 6.07) is 10.2. The number of sulfone groups is 1. The lowest BCUT2D eigenvalue weighted by Gasteiger charge is -2.32. The minimum absolute atomic E-state index is 0.0950. The summed E-state index contributed by atoms with van der Waals surface area (Å²) >= 11 is 0. The van der Waals surface area contributed by atoms with Gasteiger partial charge in [0.15, 0.2) is 0 Å². The van der Waals surface area contributed by atoms with Gasteiger partial charge in [0.2, 0.25) is 15.0 Å². The molecule has 3 rings (SSSR count). The summed E-state index contributed by atoms with van der Waals surface area (Å²) in [4.78, 5) is 18.6. The summed E-state index contributed by atoms with van der Waals surface area (Å²) in [5, 5.41) is 0.138. The van der Waals surface area contributed by atoms with Crippen LogP contribution in [-0.4, -0.2) is 48.0 Å². The van der Waals surface area contributed by atoms with Crippen LogP contribution in [0.15, 0.2) is 41.7 Å². The molecular weight excluding hydrogens is 386 g/mol. The van der Waals surface area contributed by atoms with Gasteiger partial charge in [-0.3, -0.25) is 9.69 Å². The first kappa shape index (κ1) is 21.7. The highest BCUT2D eigenvalue weighted by Gasteiger charge is 2.26. The van der Waals surface area contributed by atoms with E-state index in [1.165, 1.54) is 11.8 Å². The van der Waals surface area contributed by atoms with Crippen LogP contribution in [-0.2, 0) is 34.1 Å². The number of likely N-dealkylation sites (tertiary alicyclic amines) is 1. The standard InChI is InChI=1S/C22H31N3O3S/c1-3-21(26)19-12-8-13-24(16-19)17-20-15-23-22(29(2,27)28)25(20)14-7-11-18-9-5-4-6-10-18/h4-6,9-10,15,19H,3,7-8,11-14,16-17H2,1-2H3. The fraction of sp³-hybridized carbons (Fsp3) is 0.545. The van der Waals surface area contributed by atoms with E-state index in [4.69, 9.17) is 0 Å². The fourth-order valence-corrected chi connectivity index (χ4v) is 4.97. The van der Waals surface area contributed by atoms with E-state index in [0.717, 1.165) is 44.5 Å². The van der Waals surface area contributed by atoms with E-state index in [2.05, 4.69) is 22.0 Å². The summed E-state index contributed by atoms with van der Waals surface area (Å²) < 4.78 is 26.3. The fourth-order valence-electron chi connectivity index (χ4n) is 4.12. The van der Waals surface area contributed by atoms with Crippen molar-refractivity contribution in [1.82, 2.24) is 14.5 Å². The average Bonchev–Trinajstić information content (AvgIpc) is 3.11. The third-order valence-corrected chi connectivity index (χ3v) is 6.61. The van der Waals surface area contributed by atoms with Gasteiger partial charge in [0, 0.05) is 38.2 Å². The van der Waals surface area contributed by atoms with Crippen molar-refractivity contribution in [2.24, 2.45) is 5.92 Å². The van der Waals surface area contributed by atoms with E-state index in [0.29, 0.717) is 25.3 Å². The molecule has 1 aromatic carbocycles. The smallest absolute Gasteiger partial charge is 0.227 e. The largest absolute Gasteiger partial charge is 0.318 e. The Balaban J connectivity index is 1.72. The molecule has 0 radical (unpaired) electrons. The van der Waals surface area contributed by atoms with Crippen molar-refractivity contribution < 1.29 is 13.2 Å². The summed E-state index contributed by atoms with van der Waals surface area (Å²) in [6.07, 6.45) is 7.15.